The maximum atomic E-state index is 13.1. The largest absolute Gasteiger partial charge is 0.328 e. The van der Waals surface area contributed by atoms with Crippen molar-refractivity contribution in [1.29, 1.82) is 0 Å². The van der Waals surface area contributed by atoms with Gasteiger partial charge < -0.3 is 10.6 Å². The molecule has 3 amide bonds. The second-order valence-corrected chi connectivity index (χ2v) is 9.14. The van der Waals surface area contributed by atoms with Gasteiger partial charge >= 0.3 is 11.8 Å². The Labute approximate surface area is 215 Å². The lowest BCUT2D eigenvalue weighted by Gasteiger charge is -2.14. The van der Waals surface area contributed by atoms with E-state index in [9.17, 15) is 14.4 Å². The number of aromatic nitrogens is 1. The van der Waals surface area contributed by atoms with Gasteiger partial charge in [0, 0.05) is 21.1 Å². The summed E-state index contributed by atoms with van der Waals surface area (Å²) >= 11 is 18.2. The first kappa shape index (κ1) is 24.6. The minimum Gasteiger partial charge on any atom is -0.319 e. The molecule has 10 heteroatoms. The maximum Gasteiger partial charge on any atom is 0.328 e. The number of carbonyl (C=O) groups excluding carboxylic acids is 3. The van der Waals surface area contributed by atoms with Crippen molar-refractivity contribution in [2.45, 2.75) is 13.8 Å². The van der Waals surface area contributed by atoms with Crippen LogP contribution in [0.2, 0.25) is 15.1 Å². The van der Waals surface area contributed by atoms with Crippen molar-refractivity contribution >= 4 is 74.8 Å². The van der Waals surface area contributed by atoms with E-state index >= 15 is 0 Å². The molecule has 1 aromatic heterocycles. The average Bonchev–Trinajstić information content (AvgIpc) is 3.15. The molecule has 0 spiro atoms. The van der Waals surface area contributed by atoms with E-state index in [1.54, 1.807) is 42.5 Å². The van der Waals surface area contributed by atoms with E-state index in [2.05, 4.69) is 16.1 Å². The molecule has 7 nitrogen and oxygen atoms in total. The van der Waals surface area contributed by atoms with Crippen molar-refractivity contribution in [3.63, 3.8) is 0 Å². The monoisotopic (exact) mass is 528 g/mol. The summed E-state index contributed by atoms with van der Waals surface area (Å²) in [4.78, 5) is 38.6. The van der Waals surface area contributed by atoms with Crippen LogP contribution in [0.5, 0.6) is 0 Å². The molecule has 0 bridgehead atoms. The van der Waals surface area contributed by atoms with Crippen molar-refractivity contribution in [1.82, 2.24) is 4.68 Å². The first-order valence-electron chi connectivity index (χ1n) is 10.4. The van der Waals surface area contributed by atoms with Gasteiger partial charge in [-0.1, -0.05) is 46.9 Å². The third kappa shape index (κ3) is 5.43. The first-order chi connectivity index (χ1) is 16.6. The molecule has 0 saturated heterocycles. The molecular weight excluding hydrogens is 511 g/mol. The van der Waals surface area contributed by atoms with Gasteiger partial charge in [0.05, 0.1) is 16.2 Å². The van der Waals surface area contributed by atoms with Gasteiger partial charge in [-0.05, 0) is 73.5 Å². The van der Waals surface area contributed by atoms with Crippen molar-refractivity contribution in [3.05, 3.63) is 92.6 Å². The number of aryl methyl sites for hydroxylation is 2. The van der Waals surface area contributed by atoms with Gasteiger partial charge in [0.1, 0.15) is 5.69 Å². The van der Waals surface area contributed by atoms with Crippen LogP contribution < -0.4 is 16.1 Å². The van der Waals surface area contributed by atoms with Crippen LogP contribution in [0.1, 0.15) is 21.6 Å². The number of nitrogens with one attached hydrogen (secondary N) is 3. The highest BCUT2D eigenvalue weighted by atomic mass is 35.5. The van der Waals surface area contributed by atoms with E-state index in [1.807, 2.05) is 26.0 Å². The number of fused-ring (bicyclic) bond motifs is 1. The Morgan fingerprint density at radius 1 is 0.743 bits per heavy atom. The lowest BCUT2D eigenvalue weighted by Crippen LogP contribution is -2.36. The standard InChI is InChI=1S/C25H19Cl3N4O3/c1-13-3-4-14(2)20(9-13)30-24(34)25(35)31-32-21-8-6-16(26)10-15(21)11-22(32)23(33)29-19-7-5-17(27)12-18(19)28/h3-12H,1-2H3,(H,29,33)(H,30,34)(H,31,35). The fraction of sp³-hybridized carbons (Fsp3) is 0.0800. The van der Waals surface area contributed by atoms with Crippen LogP contribution in [-0.4, -0.2) is 22.4 Å². The number of nitrogens with zero attached hydrogens (tertiary/aromatic N) is 1. The number of carbonyl (C=O) groups is 3. The molecule has 4 rings (SSSR count). The van der Waals surface area contributed by atoms with Gasteiger partial charge in [-0.15, -0.1) is 0 Å². The van der Waals surface area contributed by atoms with Gasteiger partial charge in [-0.2, -0.15) is 0 Å². The molecule has 35 heavy (non-hydrogen) atoms. The lowest BCUT2D eigenvalue weighted by molar-refractivity contribution is -0.133. The van der Waals surface area contributed by atoms with E-state index in [1.165, 1.54) is 10.7 Å². The Hall–Kier alpha value is -3.52. The summed E-state index contributed by atoms with van der Waals surface area (Å²) in [7, 11) is 0. The molecule has 1 heterocycles. The van der Waals surface area contributed by atoms with Gasteiger partial charge in [-0.3, -0.25) is 19.8 Å². The van der Waals surface area contributed by atoms with Gasteiger partial charge in [-0.25, -0.2) is 4.68 Å². The van der Waals surface area contributed by atoms with Crippen LogP contribution in [-0.2, 0) is 9.59 Å². The van der Waals surface area contributed by atoms with E-state index in [0.717, 1.165) is 11.1 Å². The zero-order valence-electron chi connectivity index (χ0n) is 18.6. The molecule has 0 fully saturated rings. The van der Waals surface area contributed by atoms with Crippen molar-refractivity contribution in [2.24, 2.45) is 0 Å². The Kier molecular flexibility index (Phi) is 7.03. The minimum absolute atomic E-state index is 0.0566. The number of rotatable bonds is 4. The highest BCUT2D eigenvalue weighted by molar-refractivity contribution is 6.42. The Morgan fingerprint density at radius 2 is 1.46 bits per heavy atom. The highest BCUT2D eigenvalue weighted by Crippen LogP contribution is 2.27. The zero-order valence-corrected chi connectivity index (χ0v) is 20.8. The zero-order chi connectivity index (χ0) is 25.3. The predicted molar refractivity (Wildman–Crippen MR) is 140 cm³/mol. The maximum absolute atomic E-state index is 13.1. The van der Waals surface area contributed by atoms with Crippen LogP contribution >= 0.6 is 34.8 Å². The van der Waals surface area contributed by atoms with Crippen LogP contribution in [0.15, 0.2) is 60.7 Å². The van der Waals surface area contributed by atoms with Crippen LogP contribution in [0, 0.1) is 13.8 Å². The first-order valence-corrected chi connectivity index (χ1v) is 11.5. The Bertz CT molecular complexity index is 1500. The summed E-state index contributed by atoms with van der Waals surface area (Å²) in [5.41, 5.74) is 5.61. The fourth-order valence-corrected chi connectivity index (χ4v) is 4.09. The third-order valence-electron chi connectivity index (χ3n) is 5.24. The van der Waals surface area contributed by atoms with Crippen LogP contribution in [0.4, 0.5) is 11.4 Å². The number of halogens is 3. The molecule has 0 radical (unpaired) electrons. The molecule has 0 unspecified atom stereocenters. The summed E-state index contributed by atoms with van der Waals surface area (Å²) in [6.45, 7) is 3.70. The SMILES string of the molecule is Cc1ccc(C)c(NC(=O)C(=O)Nn2c(C(=O)Nc3ccc(Cl)cc3Cl)cc3cc(Cl)ccc32)c1. The second kappa shape index (κ2) is 10.00. The summed E-state index contributed by atoms with van der Waals surface area (Å²) < 4.78 is 1.23. The second-order valence-electron chi connectivity index (χ2n) is 7.86. The van der Waals surface area contributed by atoms with Gasteiger partial charge in [0.15, 0.2) is 0 Å². The summed E-state index contributed by atoms with van der Waals surface area (Å²) in [5.74, 6) is -2.42. The van der Waals surface area contributed by atoms with Crippen molar-refractivity contribution in [3.8, 4) is 0 Å². The Balaban J connectivity index is 1.65. The van der Waals surface area contributed by atoms with E-state index in [-0.39, 0.29) is 10.7 Å². The molecule has 0 atom stereocenters. The number of hydrogen-bond donors (Lipinski definition) is 3. The number of anilines is 2. The summed E-state index contributed by atoms with van der Waals surface area (Å²) in [6, 6.07) is 16.6. The van der Waals surface area contributed by atoms with Crippen LogP contribution in [0.25, 0.3) is 10.9 Å². The van der Waals surface area contributed by atoms with Gasteiger partial charge in [0.2, 0.25) is 0 Å². The molecule has 0 aliphatic rings. The molecule has 0 aliphatic carbocycles. The highest BCUT2D eigenvalue weighted by Gasteiger charge is 2.22. The third-order valence-corrected chi connectivity index (χ3v) is 6.02. The topological polar surface area (TPSA) is 92.2 Å². The molecule has 4 aromatic rings. The van der Waals surface area contributed by atoms with E-state index in [0.29, 0.717) is 32.3 Å². The molecule has 178 valence electrons. The Morgan fingerprint density at radius 3 is 2.20 bits per heavy atom. The van der Waals surface area contributed by atoms with Gasteiger partial charge in [0.25, 0.3) is 5.91 Å². The number of amides is 3. The fourth-order valence-electron chi connectivity index (χ4n) is 3.45. The normalized spacial score (nSPS) is 10.8. The molecular formula is C25H19Cl3N4O3. The quantitative estimate of drug-likeness (QED) is 0.276. The summed E-state index contributed by atoms with van der Waals surface area (Å²) in [5, 5.41) is 6.98. The smallest absolute Gasteiger partial charge is 0.319 e. The lowest BCUT2D eigenvalue weighted by atomic mass is 10.1. The number of hydrogen-bond acceptors (Lipinski definition) is 3. The molecule has 3 aromatic carbocycles. The van der Waals surface area contributed by atoms with E-state index < -0.39 is 17.7 Å². The average molecular weight is 530 g/mol. The summed E-state index contributed by atoms with van der Waals surface area (Å²) in [6.07, 6.45) is 0. The van der Waals surface area contributed by atoms with Crippen molar-refractivity contribution in [2.75, 3.05) is 16.1 Å². The molecule has 3 N–H and O–H groups in total. The minimum atomic E-state index is -0.961. The number of benzene rings is 3. The van der Waals surface area contributed by atoms with Crippen molar-refractivity contribution < 1.29 is 14.4 Å². The van der Waals surface area contributed by atoms with E-state index in [4.69, 9.17) is 34.8 Å². The molecule has 0 aliphatic heterocycles. The van der Waals surface area contributed by atoms with Crippen LogP contribution in [0.3, 0.4) is 0 Å². The molecule has 0 saturated carbocycles. The predicted octanol–water partition coefficient (Wildman–Crippen LogP) is 6.18.